The SMILES string of the molecule is Cc1nn(-c2ccccn2)c2c1C(c1ccccc1F)SCC(=O)N2. The number of pyridine rings is 1. The van der Waals surface area contributed by atoms with Crippen LogP contribution < -0.4 is 5.32 Å². The van der Waals surface area contributed by atoms with E-state index >= 15 is 0 Å². The molecule has 0 bridgehead atoms. The van der Waals surface area contributed by atoms with Crippen LogP contribution in [0.5, 0.6) is 0 Å². The van der Waals surface area contributed by atoms with Crippen LogP contribution in [0.15, 0.2) is 48.7 Å². The maximum absolute atomic E-state index is 14.4. The monoisotopic (exact) mass is 354 g/mol. The number of thioether (sulfide) groups is 1. The summed E-state index contributed by atoms with van der Waals surface area (Å²) in [6.45, 7) is 1.87. The third-order valence-electron chi connectivity index (χ3n) is 4.06. The quantitative estimate of drug-likeness (QED) is 0.765. The Kier molecular flexibility index (Phi) is 4.01. The first-order chi connectivity index (χ1) is 12.1. The van der Waals surface area contributed by atoms with Crippen LogP contribution in [0.1, 0.15) is 22.1 Å². The Labute approximate surface area is 148 Å². The fourth-order valence-corrected chi connectivity index (χ4v) is 4.17. The number of nitrogens with zero attached hydrogens (tertiary/aromatic N) is 3. The zero-order valence-corrected chi connectivity index (χ0v) is 14.3. The standard InChI is InChI=1S/C18H15FN4OS/c1-11-16-17(12-6-2-3-7-13(12)19)25-10-15(24)21-18(16)23(22-11)14-8-4-5-9-20-14/h2-9,17H,10H2,1H3,(H,21,24). The molecule has 126 valence electrons. The Bertz CT molecular complexity index is 942. The number of benzene rings is 1. The normalized spacial score (nSPS) is 16.9. The van der Waals surface area contributed by atoms with Crippen LogP contribution >= 0.6 is 11.8 Å². The first kappa shape index (κ1) is 15.8. The summed E-state index contributed by atoms with van der Waals surface area (Å²) in [4.78, 5) is 16.5. The van der Waals surface area contributed by atoms with Gasteiger partial charge in [0.25, 0.3) is 0 Å². The number of nitrogens with one attached hydrogen (secondary N) is 1. The lowest BCUT2D eigenvalue weighted by Crippen LogP contribution is -2.16. The molecule has 0 radical (unpaired) electrons. The summed E-state index contributed by atoms with van der Waals surface area (Å²) in [6, 6.07) is 12.1. The van der Waals surface area contributed by atoms with Crippen LogP contribution in [-0.4, -0.2) is 26.4 Å². The number of hydrogen-bond donors (Lipinski definition) is 1. The van der Waals surface area contributed by atoms with Crippen molar-refractivity contribution in [3.63, 3.8) is 0 Å². The molecule has 0 fully saturated rings. The van der Waals surface area contributed by atoms with E-state index in [1.54, 1.807) is 29.1 Å². The molecule has 3 heterocycles. The van der Waals surface area contributed by atoms with Gasteiger partial charge in [0.05, 0.1) is 16.7 Å². The van der Waals surface area contributed by atoms with Crippen LogP contribution in [-0.2, 0) is 4.79 Å². The number of rotatable bonds is 2. The zero-order valence-electron chi connectivity index (χ0n) is 13.4. The number of halogens is 1. The average molecular weight is 354 g/mol. The summed E-state index contributed by atoms with van der Waals surface area (Å²) in [5.41, 5.74) is 2.10. The fraction of sp³-hybridized carbons (Fsp3) is 0.167. The molecule has 25 heavy (non-hydrogen) atoms. The van der Waals surface area contributed by atoms with Crippen molar-refractivity contribution in [2.24, 2.45) is 0 Å². The second kappa shape index (κ2) is 6.33. The molecule has 0 spiro atoms. The molecule has 5 nitrogen and oxygen atoms in total. The predicted octanol–water partition coefficient (Wildman–Crippen LogP) is 3.49. The van der Waals surface area contributed by atoms with Crippen LogP contribution in [0.4, 0.5) is 10.2 Å². The van der Waals surface area contributed by atoms with Crippen LogP contribution in [0.3, 0.4) is 0 Å². The third kappa shape index (κ3) is 2.80. The van der Waals surface area contributed by atoms with E-state index in [1.165, 1.54) is 17.8 Å². The summed E-state index contributed by atoms with van der Waals surface area (Å²) in [5, 5.41) is 7.14. The molecule has 1 atom stereocenters. The van der Waals surface area contributed by atoms with Gasteiger partial charge in [-0.3, -0.25) is 4.79 Å². The Balaban J connectivity index is 1.92. The lowest BCUT2D eigenvalue weighted by Gasteiger charge is -2.16. The van der Waals surface area contributed by atoms with Gasteiger partial charge in [0, 0.05) is 17.3 Å². The van der Waals surface area contributed by atoms with E-state index < -0.39 is 0 Å². The minimum Gasteiger partial charge on any atom is -0.310 e. The van der Waals surface area contributed by atoms with Crippen LogP contribution in [0.2, 0.25) is 0 Å². The molecular weight excluding hydrogens is 339 g/mol. The van der Waals surface area contributed by atoms with Gasteiger partial charge < -0.3 is 5.32 Å². The molecule has 0 aliphatic carbocycles. The second-order valence-corrected chi connectivity index (χ2v) is 6.80. The Morgan fingerprint density at radius 3 is 2.80 bits per heavy atom. The molecule has 1 amide bonds. The van der Waals surface area contributed by atoms with Gasteiger partial charge in [-0.05, 0) is 25.1 Å². The third-order valence-corrected chi connectivity index (χ3v) is 5.31. The summed E-state index contributed by atoms with van der Waals surface area (Å²) in [7, 11) is 0. The summed E-state index contributed by atoms with van der Waals surface area (Å²) >= 11 is 1.40. The highest BCUT2D eigenvalue weighted by Crippen LogP contribution is 2.44. The number of aryl methyl sites for hydroxylation is 1. The van der Waals surface area contributed by atoms with Gasteiger partial charge in [0.1, 0.15) is 11.6 Å². The highest BCUT2D eigenvalue weighted by atomic mass is 32.2. The van der Waals surface area contributed by atoms with Gasteiger partial charge in [-0.15, -0.1) is 11.8 Å². The number of carbonyl (C=O) groups excluding carboxylic acids is 1. The number of amides is 1. The van der Waals surface area contributed by atoms with Gasteiger partial charge in [-0.25, -0.2) is 9.37 Å². The molecule has 1 aliphatic heterocycles. The zero-order chi connectivity index (χ0) is 17.4. The molecule has 0 saturated heterocycles. The van der Waals surface area contributed by atoms with E-state index in [2.05, 4.69) is 15.4 Å². The van der Waals surface area contributed by atoms with Gasteiger partial charge in [0.2, 0.25) is 5.91 Å². The number of anilines is 1. The first-order valence-electron chi connectivity index (χ1n) is 7.82. The molecule has 2 aromatic heterocycles. The number of fused-ring (bicyclic) bond motifs is 1. The minimum absolute atomic E-state index is 0.137. The van der Waals surface area contributed by atoms with Gasteiger partial charge in [-0.2, -0.15) is 9.78 Å². The largest absolute Gasteiger partial charge is 0.310 e. The Morgan fingerprint density at radius 1 is 1.24 bits per heavy atom. The lowest BCUT2D eigenvalue weighted by molar-refractivity contribution is -0.113. The molecule has 1 unspecified atom stereocenters. The van der Waals surface area contributed by atoms with Crippen molar-refractivity contribution in [3.8, 4) is 5.82 Å². The topological polar surface area (TPSA) is 59.8 Å². The van der Waals surface area contributed by atoms with E-state index in [4.69, 9.17) is 0 Å². The molecule has 1 aromatic carbocycles. The summed E-state index contributed by atoms with van der Waals surface area (Å²) < 4.78 is 16.0. The molecule has 7 heteroatoms. The lowest BCUT2D eigenvalue weighted by atomic mass is 10.0. The Hall–Kier alpha value is -2.67. The van der Waals surface area contributed by atoms with E-state index in [-0.39, 0.29) is 22.7 Å². The van der Waals surface area contributed by atoms with Gasteiger partial charge >= 0.3 is 0 Å². The Morgan fingerprint density at radius 2 is 2.04 bits per heavy atom. The van der Waals surface area contributed by atoms with Crippen molar-refractivity contribution in [2.75, 3.05) is 11.1 Å². The minimum atomic E-state index is -0.312. The molecule has 1 aliphatic rings. The fourth-order valence-electron chi connectivity index (χ4n) is 2.96. The van der Waals surface area contributed by atoms with Crippen molar-refractivity contribution in [1.29, 1.82) is 0 Å². The number of aromatic nitrogens is 3. The van der Waals surface area contributed by atoms with Crippen LogP contribution in [0, 0.1) is 12.7 Å². The van der Waals surface area contributed by atoms with Crippen molar-refractivity contribution in [3.05, 3.63) is 71.3 Å². The maximum atomic E-state index is 14.4. The van der Waals surface area contributed by atoms with Crippen molar-refractivity contribution < 1.29 is 9.18 Å². The molecule has 1 N–H and O–H groups in total. The van der Waals surface area contributed by atoms with E-state index in [1.807, 2.05) is 25.1 Å². The van der Waals surface area contributed by atoms with E-state index in [0.717, 1.165) is 11.3 Å². The molecule has 3 aromatic rings. The number of hydrogen-bond acceptors (Lipinski definition) is 4. The predicted molar refractivity (Wildman–Crippen MR) is 95.4 cm³/mol. The van der Waals surface area contributed by atoms with Crippen LogP contribution in [0.25, 0.3) is 5.82 Å². The highest BCUT2D eigenvalue weighted by Gasteiger charge is 2.32. The van der Waals surface area contributed by atoms with Crippen molar-refractivity contribution >= 4 is 23.5 Å². The van der Waals surface area contributed by atoms with Crippen molar-refractivity contribution in [2.45, 2.75) is 12.2 Å². The highest BCUT2D eigenvalue weighted by molar-refractivity contribution is 8.00. The van der Waals surface area contributed by atoms with Gasteiger partial charge in [0.15, 0.2) is 5.82 Å². The van der Waals surface area contributed by atoms with Gasteiger partial charge in [-0.1, -0.05) is 24.3 Å². The maximum Gasteiger partial charge on any atom is 0.235 e. The molecule has 4 rings (SSSR count). The smallest absolute Gasteiger partial charge is 0.235 e. The van der Waals surface area contributed by atoms with Crippen molar-refractivity contribution in [1.82, 2.24) is 14.8 Å². The van der Waals surface area contributed by atoms with E-state index in [9.17, 15) is 9.18 Å². The second-order valence-electron chi connectivity index (χ2n) is 5.71. The van der Waals surface area contributed by atoms with E-state index in [0.29, 0.717) is 17.2 Å². The molecule has 0 saturated carbocycles. The molecular formula is C18H15FN4OS. The first-order valence-corrected chi connectivity index (χ1v) is 8.87. The number of carbonyl (C=O) groups is 1. The summed E-state index contributed by atoms with van der Waals surface area (Å²) in [6.07, 6.45) is 1.67. The summed E-state index contributed by atoms with van der Waals surface area (Å²) in [5.74, 6) is 0.980. The average Bonchev–Trinajstić information content (AvgIpc) is 2.83.